The number of ketones is 1. The molecule has 8 rings (SSSR count). The van der Waals surface area contributed by atoms with Crippen LogP contribution in [0.25, 0.3) is 11.3 Å². The van der Waals surface area contributed by atoms with Gasteiger partial charge in [0.15, 0.2) is 11.5 Å². The van der Waals surface area contributed by atoms with Gasteiger partial charge in [0.05, 0.1) is 22.9 Å². The molecule has 1 spiro atoms. The second kappa shape index (κ2) is 10.0. The molecule has 3 aromatic rings. The van der Waals surface area contributed by atoms with E-state index in [2.05, 4.69) is 18.3 Å². The number of thioether (sulfide) groups is 1. The summed E-state index contributed by atoms with van der Waals surface area (Å²) in [7, 11) is 0. The van der Waals surface area contributed by atoms with Gasteiger partial charge in [-0.1, -0.05) is 36.9 Å². The van der Waals surface area contributed by atoms with Crippen LogP contribution in [-0.4, -0.2) is 44.7 Å². The zero-order valence-electron chi connectivity index (χ0n) is 24.3. The number of benzene rings is 2. The first-order chi connectivity index (χ1) is 20.9. The van der Waals surface area contributed by atoms with Crippen LogP contribution in [-0.2, 0) is 14.3 Å². The van der Waals surface area contributed by atoms with Crippen LogP contribution in [0.4, 0.5) is 5.69 Å². The highest BCUT2D eigenvalue weighted by Gasteiger charge is 2.72. The average Bonchev–Trinajstić information content (AvgIpc) is 3.64. The molecule has 2 aliphatic heterocycles. The van der Waals surface area contributed by atoms with Crippen molar-refractivity contribution in [1.82, 2.24) is 0 Å². The molecule has 2 saturated heterocycles. The van der Waals surface area contributed by atoms with Crippen molar-refractivity contribution in [3.63, 3.8) is 0 Å². The number of rotatable bonds is 8. The Morgan fingerprint density at radius 1 is 1.09 bits per heavy atom. The lowest BCUT2D eigenvalue weighted by atomic mass is 9.51. The number of Topliss-reactive ketones (excluding diaryl/α,β-unsaturated/α-hetero) is 1. The highest BCUT2D eigenvalue weighted by Crippen LogP contribution is 2.72. The second-order valence-electron chi connectivity index (χ2n) is 13.1. The van der Waals surface area contributed by atoms with Gasteiger partial charge in [-0.15, -0.1) is 0 Å². The fourth-order valence-electron chi connectivity index (χ4n) is 8.55. The van der Waals surface area contributed by atoms with Gasteiger partial charge >= 0.3 is 5.97 Å². The average molecular weight is 616 g/mol. The number of furan rings is 1. The van der Waals surface area contributed by atoms with Gasteiger partial charge in [0.1, 0.15) is 22.8 Å². The molecule has 4 N–H and O–H groups in total. The van der Waals surface area contributed by atoms with Gasteiger partial charge in [-0.25, -0.2) is 4.79 Å². The van der Waals surface area contributed by atoms with Crippen molar-refractivity contribution < 1.29 is 38.9 Å². The molecule has 4 bridgehead atoms. The summed E-state index contributed by atoms with van der Waals surface area (Å²) in [5.74, 6) is -2.04. The lowest BCUT2D eigenvalue weighted by Crippen LogP contribution is -2.57. The molecule has 3 heterocycles. The molecule has 228 valence electrons. The van der Waals surface area contributed by atoms with Gasteiger partial charge in [0.2, 0.25) is 5.91 Å². The van der Waals surface area contributed by atoms with Crippen molar-refractivity contribution in [1.29, 1.82) is 0 Å². The molecular formula is C34H33NO8S. The zero-order chi connectivity index (χ0) is 31.0. The number of amides is 1. The van der Waals surface area contributed by atoms with Gasteiger partial charge in [-0.2, -0.15) is 0 Å². The third kappa shape index (κ3) is 4.37. The first-order valence-electron chi connectivity index (χ1n) is 14.8. The molecule has 5 aliphatic rings. The number of hydrogen-bond acceptors (Lipinski definition) is 8. The number of carboxylic acids is 1. The third-order valence-corrected chi connectivity index (χ3v) is 11.4. The number of allylic oxidation sites excluding steroid dienone is 2. The number of anilines is 1. The molecule has 10 heteroatoms. The second-order valence-corrected chi connectivity index (χ2v) is 14.2. The van der Waals surface area contributed by atoms with E-state index in [1.807, 2.05) is 43.3 Å². The van der Waals surface area contributed by atoms with Crippen LogP contribution in [0.2, 0.25) is 0 Å². The number of aromatic hydroxyl groups is 2. The number of ether oxygens (including phenoxy) is 1. The van der Waals surface area contributed by atoms with Crippen molar-refractivity contribution in [2.75, 3.05) is 5.32 Å². The Labute approximate surface area is 258 Å². The standard InChI is InChI=1S/C34H33NO8S/c1-32(12-11-26(37)35-27-22(36)10-9-21(28(27)38)31(40)41)29-24-14-19-15-34(29,17-33(19,2)43-24)16-25(30(32)39)44-20-7-5-18(6-8-20)23-4-3-13-42-23/h3-10,13,16,19,24,29,36,38H,11-12,14-15,17H2,1-2H3,(H,35,37)(H,40,41)/t19-,24+,29+,32+,33+,34-/m1/s1. The summed E-state index contributed by atoms with van der Waals surface area (Å²) in [6.45, 7) is 4.13. The van der Waals surface area contributed by atoms with Gasteiger partial charge < -0.3 is 29.8 Å². The van der Waals surface area contributed by atoms with Crippen molar-refractivity contribution >= 4 is 35.1 Å². The number of carboxylic acid groups (broad SMARTS) is 1. The van der Waals surface area contributed by atoms with Crippen LogP contribution in [0.3, 0.4) is 0 Å². The lowest BCUT2D eigenvalue weighted by molar-refractivity contribution is -0.169. The zero-order valence-corrected chi connectivity index (χ0v) is 25.1. The highest BCUT2D eigenvalue weighted by molar-refractivity contribution is 8.04. The van der Waals surface area contributed by atoms with Crippen LogP contribution >= 0.6 is 11.8 Å². The van der Waals surface area contributed by atoms with Crippen LogP contribution in [0.15, 0.2) is 75.1 Å². The fraction of sp³-hybridized carbons (Fsp3) is 0.382. The first-order valence-corrected chi connectivity index (χ1v) is 15.6. The highest BCUT2D eigenvalue weighted by atomic mass is 32.2. The van der Waals surface area contributed by atoms with Gasteiger partial charge in [-0.05, 0) is 80.3 Å². The van der Waals surface area contributed by atoms with E-state index in [4.69, 9.17) is 9.15 Å². The smallest absolute Gasteiger partial charge is 0.339 e. The van der Waals surface area contributed by atoms with Gasteiger partial charge in [-0.3, -0.25) is 9.59 Å². The summed E-state index contributed by atoms with van der Waals surface area (Å²) in [4.78, 5) is 40.7. The molecule has 1 aromatic heterocycles. The molecule has 0 radical (unpaired) electrons. The quantitative estimate of drug-likeness (QED) is 0.206. The van der Waals surface area contributed by atoms with Gasteiger partial charge in [0.25, 0.3) is 0 Å². The Bertz CT molecular complexity index is 1720. The van der Waals surface area contributed by atoms with E-state index < -0.39 is 34.4 Å². The van der Waals surface area contributed by atoms with Gasteiger partial charge in [0, 0.05) is 28.2 Å². The Kier molecular flexibility index (Phi) is 6.53. The molecule has 44 heavy (non-hydrogen) atoms. The summed E-state index contributed by atoms with van der Waals surface area (Å²) in [6, 6.07) is 13.8. The number of phenols is 2. The van der Waals surface area contributed by atoms with E-state index in [9.17, 15) is 29.7 Å². The minimum Gasteiger partial charge on any atom is -0.506 e. The van der Waals surface area contributed by atoms with E-state index in [-0.39, 0.29) is 47.4 Å². The fourth-order valence-corrected chi connectivity index (χ4v) is 9.69. The first kappa shape index (κ1) is 28.7. The minimum absolute atomic E-state index is 0.0258. The third-order valence-electron chi connectivity index (χ3n) is 10.4. The number of phenolic OH excluding ortho intramolecular Hbond substituents is 1. The molecule has 2 aromatic carbocycles. The number of aromatic carboxylic acids is 1. The van der Waals surface area contributed by atoms with Crippen LogP contribution in [0, 0.1) is 22.7 Å². The van der Waals surface area contributed by atoms with Crippen molar-refractivity contribution in [3.8, 4) is 22.8 Å². The Balaban J connectivity index is 1.17. The van der Waals surface area contributed by atoms with E-state index in [1.165, 1.54) is 11.8 Å². The maximum absolute atomic E-state index is 14.4. The summed E-state index contributed by atoms with van der Waals surface area (Å²) in [6.07, 6.45) is 6.55. The Morgan fingerprint density at radius 2 is 1.86 bits per heavy atom. The van der Waals surface area contributed by atoms with Crippen LogP contribution < -0.4 is 5.32 Å². The number of carbonyl (C=O) groups excluding carboxylic acids is 2. The number of hydrogen-bond donors (Lipinski definition) is 4. The normalized spacial score (nSPS) is 31.5. The molecule has 0 unspecified atom stereocenters. The van der Waals surface area contributed by atoms with Crippen molar-refractivity contribution in [2.45, 2.75) is 62.6 Å². The lowest BCUT2D eigenvalue weighted by Gasteiger charge is -2.56. The van der Waals surface area contributed by atoms with Crippen LogP contribution in [0.1, 0.15) is 56.3 Å². The molecule has 2 saturated carbocycles. The monoisotopic (exact) mass is 615 g/mol. The Hall–Kier alpha value is -4.02. The molecule has 4 fully saturated rings. The maximum atomic E-state index is 14.4. The minimum atomic E-state index is -1.39. The number of carbonyl (C=O) groups is 3. The predicted molar refractivity (Wildman–Crippen MR) is 162 cm³/mol. The van der Waals surface area contributed by atoms with E-state index in [0.717, 1.165) is 47.6 Å². The van der Waals surface area contributed by atoms with Crippen LogP contribution in [0.5, 0.6) is 11.5 Å². The topological polar surface area (TPSA) is 146 Å². The Morgan fingerprint density at radius 3 is 2.55 bits per heavy atom. The van der Waals surface area contributed by atoms with Crippen molar-refractivity contribution in [3.05, 3.63) is 71.3 Å². The molecule has 1 amide bonds. The summed E-state index contributed by atoms with van der Waals surface area (Å²) in [5, 5.41) is 32.4. The summed E-state index contributed by atoms with van der Waals surface area (Å²) >= 11 is 1.45. The van der Waals surface area contributed by atoms with E-state index in [0.29, 0.717) is 10.8 Å². The molecule has 9 nitrogen and oxygen atoms in total. The summed E-state index contributed by atoms with van der Waals surface area (Å²) in [5.41, 5.74) is -1.21. The largest absolute Gasteiger partial charge is 0.506 e. The molecular weight excluding hydrogens is 582 g/mol. The summed E-state index contributed by atoms with van der Waals surface area (Å²) < 4.78 is 12.1. The molecule has 3 aliphatic carbocycles. The predicted octanol–water partition coefficient (Wildman–Crippen LogP) is 6.61. The van der Waals surface area contributed by atoms with Crippen molar-refractivity contribution in [2.24, 2.45) is 22.7 Å². The van der Waals surface area contributed by atoms with E-state index >= 15 is 0 Å². The molecule has 6 atom stereocenters. The maximum Gasteiger partial charge on any atom is 0.339 e. The SMILES string of the molecule is C[C@]12C[C@@]34C=C(Sc5ccc(-c6ccco6)cc5)C(=O)[C@@](C)(CCC(=O)Nc5c(O)ccc(C(=O)O)c5O)[C@@H]3[C@H](C[C@@H]1C4)O2. The van der Waals surface area contributed by atoms with E-state index in [1.54, 1.807) is 6.26 Å². The number of nitrogens with one attached hydrogen (secondary N) is 1.